The number of benzene rings is 1. The Labute approximate surface area is 206 Å². The second kappa shape index (κ2) is 9.91. The van der Waals surface area contributed by atoms with E-state index in [-0.39, 0.29) is 23.8 Å². The Morgan fingerprint density at radius 2 is 1.91 bits per heavy atom. The fraction of sp³-hybridized carbons (Fsp3) is 0.360. The molecule has 1 fully saturated rings. The van der Waals surface area contributed by atoms with Crippen molar-refractivity contribution in [3.05, 3.63) is 73.1 Å². The highest BCUT2D eigenvalue weighted by Gasteiger charge is 2.47. The number of hydrogen-bond acceptors (Lipinski definition) is 6. The maximum atomic E-state index is 13.8. The van der Waals surface area contributed by atoms with Gasteiger partial charge in [-0.2, -0.15) is 0 Å². The van der Waals surface area contributed by atoms with E-state index in [2.05, 4.69) is 4.98 Å². The van der Waals surface area contributed by atoms with Crippen LogP contribution in [0.5, 0.6) is 0 Å². The zero-order valence-electron chi connectivity index (χ0n) is 20.0. The number of anilines is 3. The summed E-state index contributed by atoms with van der Waals surface area (Å²) in [6, 6.07) is 10.9. The van der Waals surface area contributed by atoms with Crippen LogP contribution in [0.1, 0.15) is 42.7 Å². The summed E-state index contributed by atoms with van der Waals surface area (Å²) in [5, 5.41) is 1.91. The fourth-order valence-electron chi connectivity index (χ4n) is 4.55. The molecule has 2 aromatic heterocycles. The quantitative estimate of drug-likeness (QED) is 0.522. The van der Waals surface area contributed by atoms with E-state index < -0.39 is 29.1 Å². The molecule has 1 aliphatic rings. The molecule has 0 bridgehead atoms. The zero-order valence-corrected chi connectivity index (χ0v) is 20.8. The first-order valence-corrected chi connectivity index (χ1v) is 12.4. The van der Waals surface area contributed by atoms with Crippen LogP contribution in [0, 0.1) is 12.8 Å². The van der Waals surface area contributed by atoms with Gasteiger partial charge in [-0.1, -0.05) is 37.1 Å². The lowest BCUT2D eigenvalue weighted by molar-refractivity contribution is -0.124. The van der Waals surface area contributed by atoms with Crippen LogP contribution in [0.2, 0.25) is 0 Å². The van der Waals surface area contributed by atoms with Gasteiger partial charge in [-0.25, -0.2) is 4.79 Å². The molecule has 3 heterocycles. The highest BCUT2D eigenvalue weighted by Crippen LogP contribution is 2.44. The molecule has 0 radical (unpaired) electrons. The molecule has 2 unspecified atom stereocenters. The molecule has 1 aliphatic heterocycles. The number of nitrogen functional groups attached to an aromatic ring is 1. The Morgan fingerprint density at radius 3 is 2.54 bits per heavy atom. The normalized spacial score (nSPS) is 17.7. The minimum atomic E-state index is -0.734. The molecule has 9 nitrogen and oxygen atoms in total. The summed E-state index contributed by atoms with van der Waals surface area (Å²) in [4.78, 5) is 58.0. The molecule has 3 N–H and O–H groups in total. The number of aromatic amines is 1. The monoisotopic (exact) mass is 495 g/mol. The molecule has 2 atom stereocenters. The van der Waals surface area contributed by atoms with Gasteiger partial charge in [-0.15, -0.1) is 11.3 Å². The molecule has 2 amide bonds. The van der Waals surface area contributed by atoms with Crippen molar-refractivity contribution < 1.29 is 9.59 Å². The summed E-state index contributed by atoms with van der Waals surface area (Å²) in [5.74, 6) is -1.38. The van der Waals surface area contributed by atoms with E-state index >= 15 is 0 Å². The zero-order chi connectivity index (χ0) is 25.3. The number of thiophene rings is 1. The first-order chi connectivity index (χ1) is 16.7. The number of carbonyl (C=O) groups excluding carboxylic acids is 2. The summed E-state index contributed by atoms with van der Waals surface area (Å²) in [6.07, 6.45) is 1.51. The van der Waals surface area contributed by atoms with E-state index in [1.54, 1.807) is 4.90 Å². The summed E-state index contributed by atoms with van der Waals surface area (Å²) in [6.45, 7) is 4.27. The average molecular weight is 496 g/mol. The molecule has 35 heavy (non-hydrogen) atoms. The van der Waals surface area contributed by atoms with E-state index in [0.29, 0.717) is 18.7 Å². The molecular formula is C25H29N5O4S. The fourth-order valence-corrected chi connectivity index (χ4v) is 5.43. The van der Waals surface area contributed by atoms with Crippen molar-refractivity contribution in [3.8, 4) is 0 Å². The molecule has 184 valence electrons. The minimum Gasteiger partial charge on any atom is -0.383 e. The Kier molecular flexibility index (Phi) is 6.93. The second-order valence-corrected chi connectivity index (χ2v) is 9.75. The highest BCUT2D eigenvalue weighted by atomic mass is 32.1. The van der Waals surface area contributed by atoms with Crippen LogP contribution in [-0.4, -0.2) is 28.4 Å². The first-order valence-electron chi connectivity index (χ1n) is 11.6. The van der Waals surface area contributed by atoms with Crippen LogP contribution in [-0.2, 0) is 16.1 Å². The lowest BCUT2D eigenvalue weighted by Gasteiger charge is -2.29. The Balaban J connectivity index is 1.74. The van der Waals surface area contributed by atoms with Gasteiger partial charge in [-0.3, -0.25) is 23.9 Å². The third-order valence-corrected chi connectivity index (χ3v) is 7.34. The van der Waals surface area contributed by atoms with Crippen LogP contribution in [0.4, 0.5) is 17.2 Å². The lowest BCUT2D eigenvalue weighted by Crippen LogP contribution is -2.42. The van der Waals surface area contributed by atoms with Crippen molar-refractivity contribution in [2.45, 2.75) is 45.7 Å². The van der Waals surface area contributed by atoms with Gasteiger partial charge in [0.05, 0.1) is 12.0 Å². The minimum absolute atomic E-state index is 0.00704. The van der Waals surface area contributed by atoms with E-state index in [9.17, 15) is 19.2 Å². The van der Waals surface area contributed by atoms with Crippen LogP contribution in [0.15, 0.2) is 51.4 Å². The van der Waals surface area contributed by atoms with Gasteiger partial charge >= 0.3 is 5.69 Å². The summed E-state index contributed by atoms with van der Waals surface area (Å²) in [5.41, 5.74) is 6.57. The molecule has 4 rings (SSSR count). The van der Waals surface area contributed by atoms with Gasteiger partial charge in [0.2, 0.25) is 11.8 Å². The largest absolute Gasteiger partial charge is 0.383 e. The first kappa shape index (κ1) is 24.5. The number of H-pyrrole nitrogens is 1. The number of nitrogens with one attached hydrogen (secondary N) is 1. The highest BCUT2D eigenvalue weighted by molar-refractivity contribution is 7.10. The molecule has 1 saturated heterocycles. The van der Waals surface area contributed by atoms with Crippen molar-refractivity contribution in [2.75, 3.05) is 22.6 Å². The predicted octanol–water partition coefficient (Wildman–Crippen LogP) is 3.05. The van der Waals surface area contributed by atoms with Crippen molar-refractivity contribution in [2.24, 2.45) is 5.92 Å². The van der Waals surface area contributed by atoms with Gasteiger partial charge in [-0.05, 0) is 36.9 Å². The maximum absolute atomic E-state index is 13.8. The van der Waals surface area contributed by atoms with E-state index in [0.717, 1.165) is 16.9 Å². The topological polar surface area (TPSA) is 121 Å². The number of nitrogens with two attached hydrogens (primary N) is 1. The SMILES string of the molecule is CCCCn1c(N)c(N(C)C(=O)C2CC(=O)N(c3ccc(C)cc3)C2c2cccs2)c(=O)[nH]c1=O. The molecule has 0 aliphatic carbocycles. The molecule has 1 aromatic carbocycles. The summed E-state index contributed by atoms with van der Waals surface area (Å²) >= 11 is 1.47. The van der Waals surface area contributed by atoms with Crippen molar-refractivity contribution >= 4 is 40.3 Å². The van der Waals surface area contributed by atoms with Crippen molar-refractivity contribution in [3.63, 3.8) is 0 Å². The van der Waals surface area contributed by atoms with E-state index in [1.807, 2.05) is 55.6 Å². The number of hydrogen-bond donors (Lipinski definition) is 2. The van der Waals surface area contributed by atoms with Gasteiger partial charge in [0.1, 0.15) is 5.82 Å². The maximum Gasteiger partial charge on any atom is 0.330 e. The van der Waals surface area contributed by atoms with Crippen LogP contribution in [0.25, 0.3) is 0 Å². The standard InChI is InChI=1S/C25H29N5O4S/c1-4-5-12-29-22(26)21(23(32)27-25(29)34)28(3)24(33)17-14-19(31)30(16-10-8-15(2)9-11-16)20(17)18-7-6-13-35-18/h6-11,13,17,20H,4-5,12,14,26H2,1-3H3,(H,27,32,34). The summed E-state index contributed by atoms with van der Waals surface area (Å²) < 4.78 is 1.28. The van der Waals surface area contributed by atoms with Crippen molar-refractivity contribution in [1.29, 1.82) is 0 Å². The number of aromatic nitrogens is 2. The number of aryl methyl sites for hydroxylation is 1. The second-order valence-electron chi connectivity index (χ2n) is 8.77. The van der Waals surface area contributed by atoms with Gasteiger partial charge < -0.3 is 15.5 Å². The Hall–Kier alpha value is -3.66. The smallest absolute Gasteiger partial charge is 0.330 e. The Morgan fingerprint density at radius 1 is 1.20 bits per heavy atom. The third-order valence-electron chi connectivity index (χ3n) is 6.40. The van der Waals surface area contributed by atoms with Gasteiger partial charge in [0.15, 0.2) is 5.69 Å². The lowest BCUT2D eigenvalue weighted by atomic mass is 9.96. The number of carbonyl (C=O) groups is 2. The van der Waals surface area contributed by atoms with E-state index in [4.69, 9.17) is 5.73 Å². The summed E-state index contributed by atoms with van der Waals surface area (Å²) in [7, 11) is 1.46. The Bertz CT molecular complexity index is 1340. The third kappa shape index (κ3) is 4.53. The van der Waals surface area contributed by atoms with Crippen LogP contribution < -0.4 is 26.8 Å². The van der Waals surface area contributed by atoms with Gasteiger partial charge in [0, 0.05) is 30.6 Å². The van der Waals surface area contributed by atoms with Gasteiger partial charge in [0.25, 0.3) is 5.56 Å². The van der Waals surface area contributed by atoms with E-state index in [1.165, 1.54) is 27.9 Å². The molecule has 3 aromatic rings. The number of nitrogens with zero attached hydrogens (tertiary/aromatic N) is 3. The van der Waals surface area contributed by atoms with Crippen LogP contribution in [0.3, 0.4) is 0 Å². The van der Waals surface area contributed by atoms with Crippen molar-refractivity contribution in [1.82, 2.24) is 9.55 Å². The predicted molar refractivity (Wildman–Crippen MR) is 138 cm³/mol. The molecule has 10 heteroatoms. The average Bonchev–Trinajstić information content (AvgIpc) is 3.46. The number of rotatable bonds is 7. The molecule has 0 saturated carbocycles. The number of unbranched alkanes of at least 4 members (excludes halogenated alkanes) is 1. The van der Waals surface area contributed by atoms with Crippen LogP contribution >= 0.6 is 11.3 Å². The molecule has 0 spiro atoms. The molecular weight excluding hydrogens is 466 g/mol. The number of amides is 2.